The second-order valence-electron chi connectivity index (χ2n) is 10.0. The standard InChI is InChI=1S/C35H34ClN3O6S/c1-21-17-29(32(45-5)20-28(21)36)38-33(40)22(2)46-27-14-11-25(12-15-27)37-35(42)30(39-34(41)23-9-7-6-8-10-23)19-24-18-26(43-3)13-16-31(24)44-4/h6-20,22H,1-5H3,(H,37,42)(H,38,40)(H,39,41)/b30-19-. The molecule has 0 saturated carbocycles. The molecule has 0 aromatic heterocycles. The minimum atomic E-state index is -0.547. The van der Waals surface area contributed by atoms with E-state index in [1.807, 2.05) is 6.92 Å². The maximum atomic E-state index is 13.5. The molecule has 4 aromatic rings. The molecular formula is C35H34ClN3O6S. The van der Waals surface area contributed by atoms with Gasteiger partial charge in [-0.15, -0.1) is 11.8 Å². The van der Waals surface area contributed by atoms with E-state index in [4.69, 9.17) is 25.8 Å². The van der Waals surface area contributed by atoms with E-state index in [0.717, 1.165) is 10.5 Å². The molecule has 0 saturated heterocycles. The molecule has 0 aliphatic carbocycles. The number of halogens is 1. The number of carbonyl (C=O) groups is 3. The van der Waals surface area contributed by atoms with Gasteiger partial charge >= 0.3 is 0 Å². The van der Waals surface area contributed by atoms with Crippen molar-refractivity contribution in [2.75, 3.05) is 32.0 Å². The highest BCUT2D eigenvalue weighted by atomic mass is 35.5. The van der Waals surface area contributed by atoms with Crippen molar-refractivity contribution in [3.63, 3.8) is 0 Å². The van der Waals surface area contributed by atoms with Crippen LogP contribution in [0.1, 0.15) is 28.4 Å². The van der Waals surface area contributed by atoms with Crippen molar-refractivity contribution in [3.8, 4) is 17.2 Å². The maximum absolute atomic E-state index is 13.5. The van der Waals surface area contributed by atoms with Crippen LogP contribution in [0.2, 0.25) is 5.02 Å². The molecule has 3 N–H and O–H groups in total. The molecule has 0 aliphatic rings. The first-order valence-corrected chi connectivity index (χ1v) is 15.4. The van der Waals surface area contributed by atoms with Crippen LogP contribution in [0.25, 0.3) is 6.08 Å². The topological polar surface area (TPSA) is 115 Å². The third-order valence-corrected chi connectivity index (χ3v) is 8.32. The summed E-state index contributed by atoms with van der Waals surface area (Å²) in [5.74, 6) is 0.311. The summed E-state index contributed by atoms with van der Waals surface area (Å²) in [4.78, 5) is 40.3. The molecule has 4 rings (SSSR count). The lowest BCUT2D eigenvalue weighted by Gasteiger charge is -2.16. The predicted molar refractivity (Wildman–Crippen MR) is 183 cm³/mol. The molecule has 0 heterocycles. The monoisotopic (exact) mass is 659 g/mol. The van der Waals surface area contributed by atoms with Gasteiger partial charge in [0.1, 0.15) is 22.9 Å². The highest BCUT2D eigenvalue weighted by molar-refractivity contribution is 8.00. The number of amides is 3. The summed E-state index contributed by atoms with van der Waals surface area (Å²) in [6, 6.07) is 24.2. The van der Waals surface area contributed by atoms with Crippen molar-refractivity contribution in [1.82, 2.24) is 5.32 Å². The van der Waals surface area contributed by atoms with Gasteiger partial charge in [0.25, 0.3) is 11.8 Å². The van der Waals surface area contributed by atoms with E-state index in [0.29, 0.717) is 44.8 Å². The van der Waals surface area contributed by atoms with Crippen molar-refractivity contribution >= 4 is 58.5 Å². The van der Waals surface area contributed by atoms with Gasteiger partial charge in [-0.05, 0) is 86.2 Å². The van der Waals surface area contributed by atoms with Crippen LogP contribution in [-0.4, -0.2) is 44.3 Å². The van der Waals surface area contributed by atoms with Crippen molar-refractivity contribution < 1.29 is 28.6 Å². The molecule has 1 unspecified atom stereocenters. The molecule has 0 fully saturated rings. The van der Waals surface area contributed by atoms with E-state index in [1.54, 1.807) is 91.9 Å². The van der Waals surface area contributed by atoms with Crippen LogP contribution < -0.4 is 30.2 Å². The Hall–Kier alpha value is -4.93. The zero-order valence-corrected chi connectivity index (χ0v) is 27.5. The fourth-order valence-electron chi connectivity index (χ4n) is 4.29. The summed E-state index contributed by atoms with van der Waals surface area (Å²) < 4.78 is 16.2. The van der Waals surface area contributed by atoms with Crippen LogP contribution in [0.5, 0.6) is 17.2 Å². The first kappa shape index (κ1) is 34.0. The summed E-state index contributed by atoms with van der Waals surface area (Å²) in [5.41, 5.74) is 2.77. The van der Waals surface area contributed by atoms with Crippen LogP contribution in [0, 0.1) is 6.92 Å². The number of aryl methyl sites for hydroxylation is 1. The molecular weight excluding hydrogens is 626 g/mol. The lowest BCUT2D eigenvalue weighted by molar-refractivity contribution is -0.115. The van der Waals surface area contributed by atoms with E-state index < -0.39 is 17.1 Å². The number of nitrogens with one attached hydrogen (secondary N) is 3. The van der Waals surface area contributed by atoms with Crippen LogP contribution in [0.4, 0.5) is 11.4 Å². The Morgan fingerprint density at radius 3 is 2.17 bits per heavy atom. The molecule has 238 valence electrons. The maximum Gasteiger partial charge on any atom is 0.272 e. The Balaban J connectivity index is 1.49. The lowest BCUT2D eigenvalue weighted by Crippen LogP contribution is -2.30. The third kappa shape index (κ3) is 8.83. The number of benzene rings is 4. The van der Waals surface area contributed by atoms with Gasteiger partial charge in [-0.1, -0.05) is 29.8 Å². The fourth-order valence-corrected chi connectivity index (χ4v) is 5.31. The fraction of sp³-hybridized carbons (Fsp3) is 0.171. The Bertz CT molecular complexity index is 1750. The second kappa shape index (κ2) is 15.9. The number of methoxy groups -OCH3 is 3. The summed E-state index contributed by atoms with van der Waals surface area (Å²) in [6.45, 7) is 3.64. The number of hydrogen-bond acceptors (Lipinski definition) is 7. The van der Waals surface area contributed by atoms with E-state index in [9.17, 15) is 14.4 Å². The van der Waals surface area contributed by atoms with E-state index >= 15 is 0 Å². The van der Waals surface area contributed by atoms with Gasteiger partial charge in [-0.25, -0.2) is 0 Å². The van der Waals surface area contributed by atoms with Gasteiger partial charge in [-0.3, -0.25) is 14.4 Å². The van der Waals surface area contributed by atoms with E-state index in [1.165, 1.54) is 39.2 Å². The summed E-state index contributed by atoms with van der Waals surface area (Å²) in [6.07, 6.45) is 1.53. The Morgan fingerprint density at radius 1 is 0.826 bits per heavy atom. The Morgan fingerprint density at radius 2 is 1.52 bits per heavy atom. The quantitative estimate of drug-likeness (QED) is 0.109. The molecule has 0 radical (unpaired) electrons. The summed E-state index contributed by atoms with van der Waals surface area (Å²) >= 11 is 7.54. The van der Waals surface area contributed by atoms with Crippen molar-refractivity contribution in [3.05, 3.63) is 112 Å². The molecule has 11 heteroatoms. The van der Waals surface area contributed by atoms with Gasteiger partial charge in [-0.2, -0.15) is 0 Å². The van der Waals surface area contributed by atoms with Crippen molar-refractivity contribution in [1.29, 1.82) is 0 Å². The summed E-state index contributed by atoms with van der Waals surface area (Å²) in [5, 5.41) is 8.57. The largest absolute Gasteiger partial charge is 0.497 e. The van der Waals surface area contributed by atoms with E-state index in [-0.39, 0.29) is 11.6 Å². The van der Waals surface area contributed by atoms with Gasteiger partial charge in [0, 0.05) is 32.8 Å². The lowest BCUT2D eigenvalue weighted by atomic mass is 10.1. The molecule has 1 atom stereocenters. The number of anilines is 2. The van der Waals surface area contributed by atoms with Crippen LogP contribution >= 0.6 is 23.4 Å². The van der Waals surface area contributed by atoms with Gasteiger partial charge < -0.3 is 30.2 Å². The van der Waals surface area contributed by atoms with Gasteiger partial charge in [0.05, 0.1) is 32.3 Å². The normalized spacial score (nSPS) is 11.7. The van der Waals surface area contributed by atoms with Crippen molar-refractivity contribution in [2.24, 2.45) is 0 Å². The first-order chi connectivity index (χ1) is 22.1. The third-order valence-electron chi connectivity index (χ3n) is 6.80. The molecule has 0 aliphatic heterocycles. The van der Waals surface area contributed by atoms with Gasteiger partial charge in [0.2, 0.25) is 5.91 Å². The number of rotatable bonds is 12. The number of thioether (sulfide) groups is 1. The highest BCUT2D eigenvalue weighted by Crippen LogP contribution is 2.32. The van der Waals surface area contributed by atoms with Crippen molar-refractivity contribution in [2.45, 2.75) is 24.0 Å². The second-order valence-corrected chi connectivity index (χ2v) is 11.8. The predicted octanol–water partition coefficient (Wildman–Crippen LogP) is 7.20. The Kier molecular flexibility index (Phi) is 11.7. The minimum absolute atomic E-state index is 0.00276. The zero-order chi connectivity index (χ0) is 33.2. The van der Waals surface area contributed by atoms with Gasteiger partial charge in [0.15, 0.2) is 0 Å². The SMILES string of the molecule is COc1ccc(OC)c(/C=C(\NC(=O)c2ccccc2)C(=O)Nc2ccc(SC(C)C(=O)Nc3cc(C)c(Cl)cc3OC)cc2)c1. The molecule has 9 nitrogen and oxygen atoms in total. The number of ether oxygens (including phenoxy) is 3. The average Bonchev–Trinajstić information content (AvgIpc) is 3.06. The van der Waals surface area contributed by atoms with Crippen LogP contribution in [-0.2, 0) is 9.59 Å². The van der Waals surface area contributed by atoms with Crippen LogP contribution in [0.3, 0.4) is 0 Å². The number of carbonyl (C=O) groups excluding carboxylic acids is 3. The highest BCUT2D eigenvalue weighted by Gasteiger charge is 2.19. The zero-order valence-electron chi connectivity index (χ0n) is 26.0. The minimum Gasteiger partial charge on any atom is -0.497 e. The first-order valence-electron chi connectivity index (χ1n) is 14.1. The molecule has 46 heavy (non-hydrogen) atoms. The summed E-state index contributed by atoms with van der Waals surface area (Å²) in [7, 11) is 4.56. The van der Waals surface area contributed by atoms with Crippen LogP contribution in [0.15, 0.2) is 95.5 Å². The average molecular weight is 660 g/mol. The smallest absolute Gasteiger partial charge is 0.272 e. The molecule has 0 spiro atoms. The molecule has 4 aromatic carbocycles. The van der Waals surface area contributed by atoms with E-state index in [2.05, 4.69) is 16.0 Å². The number of hydrogen-bond donors (Lipinski definition) is 3. The molecule has 0 bridgehead atoms. The Labute approximate surface area is 277 Å². The molecule has 3 amide bonds.